The Morgan fingerprint density at radius 1 is 1.15 bits per heavy atom. The van der Waals surface area contributed by atoms with E-state index in [1.54, 1.807) is 25.3 Å². The van der Waals surface area contributed by atoms with Crippen molar-refractivity contribution in [1.29, 1.82) is 0 Å². The summed E-state index contributed by atoms with van der Waals surface area (Å²) in [6.07, 6.45) is 4.76. The number of fused-ring (bicyclic) bond motifs is 1. The molecule has 0 bridgehead atoms. The normalized spacial score (nSPS) is 17.4. The summed E-state index contributed by atoms with van der Waals surface area (Å²) in [5, 5.41) is 0.752. The van der Waals surface area contributed by atoms with Crippen molar-refractivity contribution in [2.45, 2.75) is 23.8 Å². The first-order chi connectivity index (χ1) is 13.0. The average molecular weight is 383 g/mol. The van der Waals surface area contributed by atoms with Gasteiger partial charge >= 0.3 is 0 Å². The second kappa shape index (κ2) is 6.81. The van der Waals surface area contributed by atoms with E-state index in [1.165, 1.54) is 12.6 Å². The zero-order valence-electron chi connectivity index (χ0n) is 15.3. The summed E-state index contributed by atoms with van der Waals surface area (Å²) in [7, 11) is -1.63. The van der Waals surface area contributed by atoms with E-state index in [-0.39, 0.29) is 10.9 Å². The van der Waals surface area contributed by atoms with Crippen LogP contribution in [0.2, 0.25) is 0 Å². The quantitative estimate of drug-likeness (QED) is 0.688. The number of nitrogens with zero attached hydrogens (tertiary/aromatic N) is 3. The standard InChI is InChI=1S/C20H21N3O3S/c1-26-19-8-4-3-6-15(19)18-7-5-11-23(18)20-16-12-14(27(2,24)25)9-10-17(16)21-13-22-20/h3-4,6,8-10,12-13,18H,5,7,11H2,1-2H3. The van der Waals surface area contributed by atoms with Gasteiger partial charge in [-0.3, -0.25) is 0 Å². The lowest BCUT2D eigenvalue weighted by Gasteiger charge is -2.28. The lowest BCUT2D eigenvalue weighted by atomic mass is 10.0. The summed E-state index contributed by atoms with van der Waals surface area (Å²) in [4.78, 5) is 11.3. The number of hydrogen-bond acceptors (Lipinski definition) is 6. The van der Waals surface area contributed by atoms with Crippen molar-refractivity contribution in [2.75, 3.05) is 24.8 Å². The molecule has 1 aliphatic heterocycles. The molecule has 1 saturated heterocycles. The van der Waals surface area contributed by atoms with Crippen LogP contribution in [-0.4, -0.2) is 38.3 Å². The minimum Gasteiger partial charge on any atom is -0.496 e. The van der Waals surface area contributed by atoms with E-state index in [0.717, 1.165) is 47.4 Å². The van der Waals surface area contributed by atoms with Crippen molar-refractivity contribution in [3.8, 4) is 5.75 Å². The van der Waals surface area contributed by atoms with Crippen LogP contribution < -0.4 is 9.64 Å². The number of aromatic nitrogens is 2. The molecule has 27 heavy (non-hydrogen) atoms. The van der Waals surface area contributed by atoms with Crippen molar-refractivity contribution in [1.82, 2.24) is 9.97 Å². The molecule has 1 unspecified atom stereocenters. The molecule has 1 aromatic heterocycles. The van der Waals surface area contributed by atoms with Gasteiger partial charge in [0.25, 0.3) is 0 Å². The van der Waals surface area contributed by atoms with Gasteiger partial charge in [-0.25, -0.2) is 18.4 Å². The number of methoxy groups -OCH3 is 1. The van der Waals surface area contributed by atoms with Gasteiger partial charge in [-0.1, -0.05) is 18.2 Å². The lowest BCUT2D eigenvalue weighted by Crippen LogP contribution is -2.24. The number of rotatable bonds is 4. The highest BCUT2D eigenvalue weighted by molar-refractivity contribution is 7.90. The Hall–Kier alpha value is -2.67. The molecule has 2 heterocycles. The van der Waals surface area contributed by atoms with E-state index < -0.39 is 9.84 Å². The predicted octanol–water partition coefficient (Wildman–Crippen LogP) is 3.38. The van der Waals surface area contributed by atoms with Gasteiger partial charge in [0.2, 0.25) is 0 Å². The van der Waals surface area contributed by atoms with Gasteiger partial charge < -0.3 is 9.64 Å². The van der Waals surface area contributed by atoms with Crippen LogP contribution in [0.15, 0.2) is 53.7 Å². The van der Waals surface area contributed by atoms with Gasteiger partial charge in [-0.05, 0) is 37.1 Å². The smallest absolute Gasteiger partial charge is 0.175 e. The molecule has 0 radical (unpaired) electrons. The van der Waals surface area contributed by atoms with E-state index in [1.807, 2.05) is 18.2 Å². The molecule has 4 rings (SSSR count). The summed E-state index contributed by atoms with van der Waals surface area (Å²) in [6.45, 7) is 0.845. The molecule has 140 valence electrons. The first-order valence-electron chi connectivity index (χ1n) is 8.83. The molecule has 0 amide bonds. The van der Waals surface area contributed by atoms with Crippen LogP contribution >= 0.6 is 0 Å². The largest absolute Gasteiger partial charge is 0.496 e. The fourth-order valence-electron chi connectivity index (χ4n) is 3.77. The zero-order chi connectivity index (χ0) is 19.0. The predicted molar refractivity (Wildman–Crippen MR) is 105 cm³/mol. The summed E-state index contributed by atoms with van der Waals surface area (Å²) >= 11 is 0. The van der Waals surface area contributed by atoms with Crippen LogP contribution in [0, 0.1) is 0 Å². The zero-order valence-corrected chi connectivity index (χ0v) is 16.1. The second-order valence-electron chi connectivity index (χ2n) is 6.74. The minimum atomic E-state index is -3.30. The Labute approximate surface area is 158 Å². The van der Waals surface area contributed by atoms with Crippen LogP contribution in [-0.2, 0) is 9.84 Å². The molecule has 0 N–H and O–H groups in total. The van der Waals surface area contributed by atoms with E-state index in [0.29, 0.717) is 0 Å². The molecule has 2 aromatic carbocycles. The second-order valence-corrected chi connectivity index (χ2v) is 8.76. The molecule has 6 nitrogen and oxygen atoms in total. The number of sulfone groups is 1. The summed E-state index contributed by atoms with van der Waals surface area (Å²) < 4.78 is 29.6. The number of ether oxygens (including phenoxy) is 1. The highest BCUT2D eigenvalue weighted by atomic mass is 32.2. The Balaban J connectivity index is 1.85. The molecule has 7 heteroatoms. The van der Waals surface area contributed by atoms with Crippen molar-refractivity contribution in [3.05, 3.63) is 54.4 Å². The monoisotopic (exact) mass is 383 g/mol. The molecule has 0 spiro atoms. The van der Waals surface area contributed by atoms with Crippen LogP contribution in [0.1, 0.15) is 24.4 Å². The van der Waals surface area contributed by atoms with Crippen LogP contribution in [0.5, 0.6) is 5.75 Å². The van der Waals surface area contributed by atoms with E-state index in [4.69, 9.17) is 4.74 Å². The Kier molecular flexibility index (Phi) is 4.47. The fourth-order valence-corrected chi connectivity index (χ4v) is 4.41. The molecule has 1 aliphatic rings. The Bertz CT molecular complexity index is 1100. The van der Waals surface area contributed by atoms with Gasteiger partial charge in [0.15, 0.2) is 9.84 Å². The van der Waals surface area contributed by atoms with Gasteiger partial charge in [0.1, 0.15) is 17.9 Å². The molecular weight excluding hydrogens is 362 g/mol. The van der Waals surface area contributed by atoms with E-state index >= 15 is 0 Å². The van der Waals surface area contributed by atoms with E-state index in [9.17, 15) is 8.42 Å². The summed E-state index contributed by atoms with van der Waals surface area (Å²) in [5.74, 6) is 1.61. The minimum absolute atomic E-state index is 0.126. The maximum absolute atomic E-state index is 12.0. The van der Waals surface area contributed by atoms with Gasteiger partial charge in [-0.2, -0.15) is 0 Å². The first kappa shape index (κ1) is 17.7. The Morgan fingerprint density at radius 3 is 2.74 bits per heavy atom. The third-order valence-corrected chi connectivity index (χ3v) is 6.15. The highest BCUT2D eigenvalue weighted by Crippen LogP contribution is 2.41. The fraction of sp³-hybridized carbons (Fsp3) is 0.300. The summed E-state index contributed by atoms with van der Waals surface area (Å²) in [6, 6.07) is 13.1. The molecule has 1 fully saturated rings. The SMILES string of the molecule is COc1ccccc1C1CCCN1c1ncnc2ccc(S(C)(=O)=O)cc12. The van der Waals surface area contributed by atoms with Crippen LogP contribution in [0.25, 0.3) is 10.9 Å². The highest BCUT2D eigenvalue weighted by Gasteiger charge is 2.30. The number of benzene rings is 2. The molecular formula is C20H21N3O3S. The number of para-hydroxylation sites is 1. The van der Waals surface area contributed by atoms with Gasteiger partial charge in [0, 0.05) is 23.8 Å². The van der Waals surface area contributed by atoms with Crippen molar-refractivity contribution in [3.63, 3.8) is 0 Å². The molecule has 1 atom stereocenters. The Morgan fingerprint density at radius 2 is 1.96 bits per heavy atom. The number of hydrogen-bond donors (Lipinski definition) is 0. The first-order valence-corrected chi connectivity index (χ1v) is 10.7. The molecule has 0 saturated carbocycles. The van der Waals surface area contributed by atoms with Crippen LogP contribution in [0.3, 0.4) is 0 Å². The van der Waals surface area contributed by atoms with E-state index in [2.05, 4.69) is 20.9 Å². The third kappa shape index (κ3) is 3.23. The lowest BCUT2D eigenvalue weighted by molar-refractivity contribution is 0.405. The number of anilines is 1. The summed E-state index contributed by atoms with van der Waals surface area (Å²) in [5.41, 5.74) is 1.85. The average Bonchev–Trinajstić information content (AvgIpc) is 3.15. The van der Waals surface area contributed by atoms with Gasteiger partial charge in [-0.15, -0.1) is 0 Å². The molecule has 0 aliphatic carbocycles. The van der Waals surface area contributed by atoms with Crippen molar-refractivity contribution < 1.29 is 13.2 Å². The van der Waals surface area contributed by atoms with Gasteiger partial charge in [0.05, 0.1) is 23.6 Å². The molecule has 3 aromatic rings. The maximum Gasteiger partial charge on any atom is 0.175 e. The van der Waals surface area contributed by atoms with Crippen LogP contribution in [0.4, 0.5) is 5.82 Å². The third-order valence-electron chi connectivity index (χ3n) is 5.04. The van der Waals surface area contributed by atoms with Crippen molar-refractivity contribution >= 4 is 26.6 Å². The topological polar surface area (TPSA) is 72.4 Å². The van der Waals surface area contributed by atoms with Crippen molar-refractivity contribution in [2.24, 2.45) is 0 Å². The maximum atomic E-state index is 12.0.